The Bertz CT molecular complexity index is 896. The van der Waals surface area contributed by atoms with E-state index in [9.17, 15) is 0 Å². The molecule has 0 spiro atoms. The number of halogens is 1. The first-order valence-corrected chi connectivity index (χ1v) is 8.63. The maximum absolute atomic E-state index is 6.10. The number of rotatable bonds is 2. The van der Waals surface area contributed by atoms with Gasteiger partial charge in [0.25, 0.3) is 0 Å². The minimum Gasteiger partial charge on any atom is -0.367 e. The van der Waals surface area contributed by atoms with E-state index in [4.69, 9.17) is 4.74 Å². The van der Waals surface area contributed by atoms with Crippen molar-refractivity contribution in [3.05, 3.63) is 47.0 Å². The van der Waals surface area contributed by atoms with Crippen LogP contribution in [0.1, 0.15) is 12.5 Å². The number of benzene rings is 1. The SMILES string of the molecule is Cn1cc(C2(C)CN(c3ncnc4ccc(Br)cc34)CCO2)cn1. The number of aromatic nitrogens is 4. The van der Waals surface area contributed by atoms with Crippen LogP contribution < -0.4 is 4.90 Å². The smallest absolute Gasteiger partial charge is 0.140 e. The predicted molar refractivity (Wildman–Crippen MR) is 96.0 cm³/mol. The maximum Gasteiger partial charge on any atom is 0.140 e. The summed E-state index contributed by atoms with van der Waals surface area (Å²) in [5, 5.41) is 5.33. The molecule has 7 heteroatoms. The molecule has 1 aliphatic heterocycles. The summed E-state index contributed by atoms with van der Waals surface area (Å²) in [7, 11) is 1.92. The highest BCUT2D eigenvalue weighted by Crippen LogP contribution is 2.33. The fraction of sp³-hybridized carbons (Fsp3) is 0.353. The molecule has 4 rings (SSSR count). The largest absolute Gasteiger partial charge is 0.367 e. The van der Waals surface area contributed by atoms with Gasteiger partial charge in [-0.2, -0.15) is 5.10 Å². The van der Waals surface area contributed by atoms with Gasteiger partial charge in [0.15, 0.2) is 0 Å². The number of ether oxygens (including phenoxy) is 1. The van der Waals surface area contributed by atoms with Crippen LogP contribution >= 0.6 is 15.9 Å². The topological polar surface area (TPSA) is 56.1 Å². The summed E-state index contributed by atoms with van der Waals surface area (Å²) in [6, 6.07) is 6.07. The summed E-state index contributed by atoms with van der Waals surface area (Å²) in [6.45, 7) is 4.27. The van der Waals surface area contributed by atoms with Crippen LogP contribution in [0, 0.1) is 0 Å². The Kier molecular flexibility index (Phi) is 3.77. The lowest BCUT2D eigenvalue weighted by atomic mass is 9.97. The Labute approximate surface area is 148 Å². The Morgan fingerprint density at radius 2 is 2.17 bits per heavy atom. The van der Waals surface area contributed by atoms with Crippen LogP contribution in [0.4, 0.5) is 5.82 Å². The number of fused-ring (bicyclic) bond motifs is 1. The van der Waals surface area contributed by atoms with E-state index < -0.39 is 5.60 Å². The first kappa shape index (κ1) is 15.5. The van der Waals surface area contributed by atoms with Gasteiger partial charge in [-0.3, -0.25) is 4.68 Å². The molecule has 1 unspecified atom stereocenters. The minimum atomic E-state index is -0.407. The third-order valence-corrected chi connectivity index (χ3v) is 4.96. The second-order valence-electron chi connectivity index (χ2n) is 6.26. The zero-order valence-electron chi connectivity index (χ0n) is 13.6. The Balaban J connectivity index is 1.73. The van der Waals surface area contributed by atoms with Crippen molar-refractivity contribution < 1.29 is 4.74 Å². The molecule has 2 aromatic heterocycles. The van der Waals surface area contributed by atoms with E-state index in [2.05, 4.69) is 48.9 Å². The zero-order chi connectivity index (χ0) is 16.7. The monoisotopic (exact) mass is 387 g/mol. The first-order chi connectivity index (χ1) is 11.5. The van der Waals surface area contributed by atoms with Crippen LogP contribution in [0.5, 0.6) is 0 Å². The molecular formula is C17H18BrN5O. The molecule has 0 N–H and O–H groups in total. The second-order valence-corrected chi connectivity index (χ2v) is 7.18. The lowest BCUT2D eigenvalue weighted by Gasteiger charge is -2.40. The highest BCUT2D eigenvalue weighted by molar-refractivity contribution is 9.10. The summed E-state index contributed by atoms with van der Waals surface area (Å²) >= 11 is 3.54. The number of morpholine rings is 1. The molecule has 1 aliphatic rings. The van der Waals surface area contributed by atoms with Gasteiger partial charge in [-0.15, -0.1) is 0 Å². The van der Waals surface area contributed by atoms with Gasteiger partial charge in [-0.1, -0.05) is 15.9 Å². The van der Waals surface area contributed by atoms with Gasteiger partial charge in [0.2, 0.25) is 0 Å². The first-order valence-electron chi connectivity index (χ1n) is 7.83. The van der Waals surface area contributed by atoms with Gasteiger partial charge in [0.1, 0.15) is 17.7 Å². The lowest BCUT2D eigenvalue weighted by molar-refractivity contribution is -0.0467. The van der Waals surface area contributed by atoms with Gasteiger partial charge >= 0.3 is 0 Å². The van der Waals surface area contributed by atoms with Crippen molar-refractivity contribution in [2.75, 3.05) is 24.6 Å². The third kappa shape index (κ3) is 2.67. The predicted octanol–water partition coefficient (Wildman–Crippen LogP) is 2.88. The molecule has 1 aromatic carbocycles. The van der Waals surface area contributed by atoms with Crippen LogP contribution in [-0.2, 0) is 17.4 Å². The van der Waals surface area contributed by atoms with Crippen LogP contribution in [-0.4, -0.2) is 39.4 Å². The highest BCUT2D eigenvalue weighted by Gasteiger charge is 2.36. The van der Waals surface area contributed by atoms with Crippen molar-refractivity contribution in [3.63, 3.8) is 0 Å². The van der Waals surface area contributed by atoms with Crippen molar-refractivity contribution in [1.29, 1.82) is 0 Å². The number of aryl methyl sites for hydroxylation is 1. The van der Waals surface area contributed by atoms with Crippen molar-refractivity contribution in [1.82, 2.24) is 19.7 Å². The number of hydrogen-bond acceptors (Lipinski definition) is 5. The van der Waals surface area contributed by atoms with E-state index in [1.165, 1.54) is 0 Å². The molecule has 0 amide bonds. The number of hydrogen-bond donors (Lipinski definition) is 0. The minimum absolute atomic E-state index is 0.407. The number of anilines is 1. The van der Waals surface area contributed by atoms with Crippen molar-refractivity contribution in [2.45, 2.75) is 12.5 Å². The molecule has 3 heterocycles. The van der Waals surface area contributed by atoms with E-state index in [0.717, 1.165) is 39.8 Å². The summed E-state index contributed by atoms with van der Waals surface area (Å²) in [5.74, 6) is 0.944. The van der Waals surface area contributed by atoms with Crippen molar-refractivity contribution >= 4 is 32.7 Å². The highest BCUT2D eigenvalue weighted by atomic mass is 79.9. The van der Waals surface area contributed by atoms with Crippen LogP contribution in [0.25, 0.3) is 10.9 Å². The van der Waals surface area contributed by atoms with E-state index in [-0.39, 0.29) is 0 Å². The molecule has 24 heavy (non-hydrogen) atoms. The Hall–Kier alpha value is -1.99. The molecule has 124 valence electrons. The van der Waals surface area contributed by atoms with Gasteiger partial charge in [-0.05, 0) is 25.1 Å². The molecule has 3 aromatic rings. The van der Waals surface area contributed by atoms with E-state index in [0.29, 0.717) is 6.61 Å². The molecule has 1 atom stereocenters. The van der Waals surface area contributed by atoms with Crippen LogP contribution in [0.15, 0.2) is 41.4 Å². The van der Waals surface area contributed by atoms with Gasteiger partial charge < -0.3 is 9.64 Å². The molecule has 0 radical (unpaired) electrons. The zero-order valence-corrected chi connectivity index (χ0v) is 15.2. The Morgan fingerprint density at radius 1 is 1.29 bits per heavy atom. The lowest BCUT2D eigenvalue weighted by Crippen LogP contribution is -2.48. The fourth-order valence-electron chi connectivity index (χ4n) is 3.19. The van der Waals surface area contributed by atoms with Gasteiger partial charge in [-0.25, -0.2) is 9.97 Å². The summed E-state index contributed by atoms with van der Waals surface area (Å²) in [5.41, 5.74) is 1.61. The second kappa shape index (κ2) is 5.82. The normalized spacial score (nSPS) is 21.4. The van der Waals surface area contributed by atoms with E-state index in [1.807, 2.05) is 31.6 Å². The maximum atomic E-state index is 6.10. The summed E-state index contributed by atoms with van der Waals surface area (Å²) in [6.07, 6.45) is 5.51. The molecular weight excluding hydrogens is 370 g/mol. The molecule has 0 saturated carbocycles. The summed E-state index contributed by atoms with van der Waals surface area (Å²) < 4.78 is 8.93. The van der Waals surface area contributed by atoms with Crippen molar-refractivity contribution in [3.8, 4) is 0 Å². The van der Waals surface area contributed by atoms with Crippen LogP contribution in [0.3, 0.4) is 0 Å². The average Bonchev–Trinajstić information content (AvgIpc) is 3.02. The third-order valence-electron chi connectivity index (χ3n) is 4.47. The Morgan fingerprint density at radius 3 is 2.96 bits per heavy atom. The van der Waals surface area contributed by atoms with Gasteiger partial charge in [0, 0.05) is 35.2 Å². The molecule has 1 fully saturated rings. The molecule has 0 bridgehead atoms. The van der Waals surface area contributed by atoms with Crippen LogP contribution in [0.2, 0.25) is 0 Å². The molecule has 0 aliphatic carbocycles. The molecule has 6 nitrogen and oxygen atoms in total. The van der Waals surface area contributed by atoms with E-state index >= 15 is 0 Å². The average molecular weight is 388 g/mol. The standard InChI is InChI=1S/C17H18BrN5O/c1-17(12-8-21-22(2)9-12)10-23(5-6-24-17)16-14-7-13(18)3-4-15(14)19-11-20-16/h3-4,7-9,11H,5-6,10H2,1-2H3. The summed E-state index contributed by atoms with van der Waals surface area (Å²) in [4.78, 5) is 11.2. The van der Waals surface area contributed by atoms with Crippen molar-refractivity contribution in [2.24, 2.45) is 7.05 Å². The quantitative estimate of drug-likeness (QED) is 0.676. The van der Waals surface area contributed by atoms with E-state index in [1.54, 1.807) is 11.0 Å². The fourth-order valence-corrected chi connectivity index (χ4v) is 3.55. The van der Waals surface area contributed by atoms with Gasteiger partial charge in [0.05, 0.1) is 24.9 Å². The molecule has 1 saturated heterocycles. The number of nitrogens with zero attached hydrogens (tertiary/aromatic N) is 5.